The summed E-state index contributed by atoms with van der Waals surface area (Å²) >= 11 is 0. The molecule has 1 saturated heterocycles. The van der Waals surface area contributed by atoms with Crippen LogP contribution in [-0.4, -0.2) is 29.6 Å². The molecule has 148 valence electrons. The summed E-state index contributed by atoms with van der Waals surface area (Å²) in [7, 11) is -4.64. The van der Waals surface area contributed by atoms with E-state index >= 15 is 0 Å². The topological polar surface area (TPSA) is 77.4 Å². The number of halogens is 3. The van der Waals surface area contributed by atoms with Crippen molar-refractivity contribution in [2.75, 3.05) is 11.5 Å². The number of hydrogen-bond acceptors (Lipinski definition) is 4. The minimum atomic E-state index is -5.10. The lowest BCUT2D eigenvalue weighted by Crippen LogP contribution is -2.05. The molecule has 0 atom stereocenters. The largest absolute Gasteiger partial charge is 0.744 e. The first-order chi connectivity index (χ1) is 12.5. The molecule has 1 aliphatic rings. The Bertz CT molecular complexity index is 917. The van der Waals surface area contributed by atoms with Gasteiger partial charge in [0.05, 0.1) is 4.90 Å². The normalized spacial score (nSPS) is 14.7. The number of phenols is 1. The Morgan fingerprint density at radius 1 is 1.00 bits per heavy atom. The zero-order valence-electron chi connectivity index (χ0n) is 14.8. The van der Waals surface area contributed by atoms with E-state index in [1.165, 1.54) is 29.2 Å². The van der Waals surface area contributed by atoms with Gasteiger partial charge in [0.2, 0.25) is 0 Å². The molecule has 2 aromatic rings. The minimum Gasteiger partial charge on any atom is -0.744 e. The number of aromatic hydroxyl groups is 1. The highest BCUT2D eigenvalue weighted by Crippen LogP contribution is 2.29. The standard InChI is InChI=1S/C12H16OS.C6H3F3O3S/c1-9-7-11(8-10(2)12(9)13)14-5-3-4-6-14;7-3-1-2-4(13(10,11)12)6(9)5(3)8/h7-8H,3-6H2,1-2H3;1-2H,(H,10,11,12). The third-order valence-corrected chi connectivity index (χ3v) is 7.42. The molecule has 1 heterocycles. The molecule has 27 heavy (non-hydrogen) atoms. The van der Waals surface area contributed by atoms with Gasteiger partial charge in [-0.2, -0.15) is 0 Å². The van der Waals surface area contributed by atoms with Crippen molar-refractivity contribution in [1.82, 2.24) is 0 Å². The van der Waals surface area contributed by atoms with Crippen LogP contribution in [0, 0.1) is 31.3 Å². The van der Waals surface area contributed by atoms with Gasteiger partial charge in [-0.15, -0.1) is 0 Å². The van der Waals surface area contributed by atoms with Gasteiger partial charge in [0, 0.05) is 10.9 Å². The number of benzene rings is 2. The van der Waals surface area contributed by atoms with Crippen molar-refractivity contribution in [3.63, 3.8) is 0 Å². The third kappa shape index (κ3) is 5.18. The lowest BCUT2D eigenvalue weighted by atomic mass is 10.1. The van der Waals surface area contributed by atoms with E-state index in [0.29, 0.717) is 28.8 Å². The van der Waals surface area contributed by atoms with E-state index in [-0.39, 0.29) is 0 Å². The maximum Gasteiger partial charge on any atom is 0.195 e. The second-order valence-corrected chi connectivity index (χ2v) is 9.76. The zero-order valence-corrected chi connectivity index (χ0v) is 16.4. The fourth-order valence-corrected chi connectivity index (χ4v) is 5.69. The molecule has 1 aliphatic heterocycles. The van der Waals surface area contributed by atoms with E-state index < -0.39 is 32.5 Å². The molecule has 0 spiro atoms. The van der Waals surface area contributed by atoms with E-state index in [0.717, 1.165) is 11.1 Å². The molecule has 0 amide bonds. The summed E-state index contributed by atoms with van der Waals surface area (Å²) in [5, 5.41) is 9.68. The van der Waals surface area contributed by atoms with Crippen LogP contribution in [0.1, 0.15) is 24.0 Å². The summed E-state index contributed by atoms with van der Waals surface area (Å²) < 4.78 is 67.9. The zero-order chi connectivity index (χ0) is 20.4. The second-order valence-electron chi connectivity index (χ2n) is 6.14. The average Bonchev–Trinajstić information content (AvgIpc) is 3.11. The Morgan fingerprint density at radius 2 is 1.52 bits per heavy atom. The Hall–Kier alpha value is -1.71. The highest BCUT2D eigenvalue weighted by atomic mass is 32.2. The van der Waals surface area contributed by atoms with Gasteiger partial charge in [0.25, 0.3) is 0 Å². The monoisotopic (exact) mass is 420 g/mol. The number of hydrogen-bond donors (Lipinski definition) is 1. The van der Waals surface area contributed by atoms with Crippen molar-refractivity contribution in [2.24, 2.45) is 0 Å². The SMILES string of the molecule is Cc1cc([S+]2CCCC2)cc(C)c1O.O=S(=O)([O-])c1ccc(F)c(F)c1F. The number of phenolic OH excluding ortho intramolecular Hbond substituents is 1. The third-order valence-electron chi connectivity index (χ3n) is 4.10. The summed E-state index contributed by atoms with van der Waals surface area (Å²) in [6, 6.07) is 5.06. The molecule has 2 aromatic carbocycles. The molecule has 0 radical (unpaired) electrons. The van der Waals surface area contributed by atoms with E-state index in [4.69, 9.17) is 0 Å². The molecule has 4 nitrogen and oxygen atoms in total. The molecule has 0 saturated carbocycles. The number of aryl methyl sites for hydroxylation is 2. The summed E-state index contributed by atoms with van der Waals surface area (Å²) in [5.41, 5.74) is 2.05. The Morgan fingerprint density at radius 3 is 2.00 bits per heavy atom. The molecule has 0 aliphatic carbocycles. The van der Waals surface area contributed by atoms with Crippen molar-refractivity contribution in [3.05, 3.63) is 52.8 Å². The van der Waals surface area contributed by atoms with E-state index in [9.17, 15) is 31.2 Å². The maximum absolute atomic E-state index is 12.6. The lowest BCUT2D eigenvalue weighted by molar-refractivity contribution is 0.418. The van der Waals surface area contributed by atoms with Gasteiger partial charge in [0.1, 0.15) is 27.4 Å². The minimum absolute atomic E-state index is 0.364. The first kappa shape index (κ1) is 21.6. The predicted molar refractivity (Wildman–Crippen MR) is 96.5 cm³/mol. The quantitative estimate of drug-likeness (QED) is 0.456. The van der Waals surface area contributed by atoms with Crippen molar-refractivity contribution in [1.29, 1.82) is 0 Å². The van der Waals surface area contributed by atoms with Crippen LogP contribution < -0.4 is 0 Å². The van der Waals surface area contributed by atoms with Crippen LogP contribution in [0.4, 0.5) is 13.2 Å². The average molecular weight is 420 g/mol. The maximum atomic E-state index is 12.6. The fourth-order valence-electron chi connectivity index (χ4n) is 2.67. The van der Waals surface area contributed by atoms with Crippen LogP contribution in [0.25, 0.3) is 0 Å². The molecule has 0 unspecified atom stereocenters. The van der Waals surface area contributed by atoms with E-state index in [1.807, 2.05) is 13.8 Å². The molecule has 1 fully saturated rings. The molecular formula is C18H19F3O4S2. The molecule has 3 rings (SSSR count). The Kier molecular flexibility index (Phi) is 6.82. The van der Waals surface area contributed by atoms with Gasteiger partial charge in [-0.25, -0.2) is 21.6 Å². The van der Waals surface area contributed by atoms with Crippen molar-refractivity contribution >= 4 is 21.0 Å². The van der Waals surface area contributed by atoms with Crippen LogP contribution in [0.15, 0.2) is 34.1 Å². The summed E-state index contributed by atoms with van der Waals surface area (Å²) in [6.45, 7) is 3.98. The van der Waals surface area contributed by atoms with Crippen LogP contribution in [0.2, 0.25) is 0 Å². The molecule has 0 aromatic heterocycles. The van der Waals surface area contributed by atoms with Crippen LogP contribution in [-0.2, 0) is 21.0 Å². The first-order valence-corrected chi connectivity index (χ1v) is 11.1. The van der Waals surface area contributed by atoms with E-state index in [2.05, 4.69) is 12.1 Å². The summed E-state index contributed by atoms with van der Waals surface area (Å²) in [6.07, 6.45) is 2.75. The fraction of sp³-hybridized carbons (Fsp3) is 0.333. The van der Waals surface area contributed by atoms with Crippen LogP contribution in [0.3, 0.4) is 0 Å². The lowest BCUT2D eigenvalue weighted by Gasteiger charge is -2.07. The van der Waals surface area contributed by atoms with Crippen molar-refractivity contribution in [2.45, 2.75) is 36.5 Å². The second kappa shape index (κ2) is 8.53. The van der Waals surface area contributed by atoms with Gasteiger partial charge < -0.3 is 9.66 Å². The summed E-state index contributed by atoms with van der Waals surface area (Å²) in [5.74, 6) is -2.35. The summed E-state index contributed by atoms with van der Waals surface area (Å²) in [4.78, 5) is 0.0571. The highest BCUT2D eigenvalue weighted by Gasteiger charge is 2.27. The molecule has 1 N–H and O–H groups in total. The van der Waals surface area contributed by atoms with Gasteiger partial charge in [-0.3, -0.25) is 0 Å². The van der Waals surface area contributed by atoms with Crippen molar-refractivity contribution < 1.29 is 31.2 Å². The van der Waals surface area contributed by atoms with Crippen LogP contribution >= 0.6 is 0 Å². The van der Waals surface area contributed by atoms with Crippen molar-refractivity contribution in [3.8, 4) is 5.75 Å². The molecular weight excluding hydrogens is 401 g/mol. The Balaban J connectivity index is 0.000000194. The van der Waals surface area contributed by atoms with Gasteiger partial charge in [-0.1, -0.05) is 0 Å². The number of rotatable bonds is 2. The predicted octanol–water partition coefficient (Wildman–Crippen LogP) is 3.79. The van der Waals surface area contributed by atoms with Gasteiger partial charge >= 0.3 is 0 Å². The highest BCUT2D eigenvalue weighted by molar-refractivity contribution is 7.97. The molecule has 0 bridgehead atoms. The Labute approximate surface area is 159 Å². The first-order valence-electron chi connectivity index (χ1n) is 8.09. The molecule has 9 heteroatoms. The van der Waals surface area contributed by atoms with E-state index in [1.54, 1.807) is 0 Å². The smallest absolute Gasteiger partial charge is 0.195 e. The van der Waals surface area contributed by atoms with Crippen LogP contribution in [0.5, 0.6) is 5.75 Å². The van der Waals surface area contributed by atoms with Gasteiger partial charge in [0.15, 0.2) is 22.3 Å². The van der Waals surface area contributed by atoms with Gasteiger partial charge in [-0.05, 0) is 62.1 Å².